The number of aliphatic hydroxyl groups excluding tert-OH is 1. The van der Waals surface area contributed by atoms with Crippen LogP contribution < -0.4 is 11.2 Å². The summed E-state index contributed by atoms with van der Waals surface area (Å²) in [7, 11) is 1.58. The number of H-pyrrole nitrogens is 1. The maximum absolute atomic E-state index is 12.2. The maximum atomic E-state index is 12.2. The van der Waals surface area contributed by atoms with E-state index >= 15 is 0 Å². The molecule has 0 aliphatic rings. The van der Waals surface area contributed by atoms with Crippen LogP contribution in [0.2, 0.25) is 0 Å². The summed E-state index contributed by atoms with van der Waals surface area (Å²) in [4.78, 5) is 31.0. The number of rotatable bonds is 4. The Kier molecular flexibility index (Phi) is 3.85. The molecule has 1 atom stereocenters. The summed E-state index contributed by atoms with van der Waals surface area (Å²) in [6.07, 6.45) is 2.50. The van der Waals surface area contributed by atoms with Crippen LogP contribution in [-0.4, -0.2) is 30.8 Å². The highest BCUT2D eigenvalue weighted by molar-refractivity contribution is 14.1. The Morgan fingerprint density at radius 3 is 2.94 bits per heavy atom. The van der Waals surface area contributed by atoms with Gasteiger partial charge in [0.25, 0.3) is 5.56 Å². The minimum Gasteiger partial charge on any atom is -0.396 e. The van der Waals surface area contributed by atoms with Gasteiger partial charge in [-0.1, -0.05) is 22.6 Å². The van der Waals surface area contributed by atoms with Gasteiger partial charge in [-0.15, -0.1) is 0 Å². The smallest absolute Gasteiger partial charge is 0.333 e. The fourth-order valence-corrected chi connectivity index (χ4v) is 2.73. The predicted octanol–water partition coefficient (Wildman–Crippen LogP) is 0.129. The van der Waals surface area contributed by atoms with Crippen LogP contribution in [0.15, 0.2) is 15.9 Å². The van der Waals surface area contributed by atoms with Crippen LogP contribution in [0.25, 0.3) is 11.2 Å². The fourth-order valence-electron chi connectivity index (χ4n) is 1.79. The van der Waals surface area contributed by atoms with Crippen LogP contribution >= 0.6 is 22.6 Å². The summed E-state index contributed by atoms with van der Waals surface area (Å²) in [5.74, 6) is 0. The highest BCUT2D eigenvalue weighted by Crippen LogP contribution is 2.18. The Labute approximate surface area is 116 Å². The van der Waals surface area contributed by atoms with E-state index in [1.165, 1.54) is 15.5 Å². The number of hydrogen-bond donors (Lipinski definition) is 2. The molecule has 0 aromatic carbocycles. The van der Waals surface area contributed by atoms with E-state index in [1.54, 1.807) is 7.05 Å². The maximum Gasteiger partial charge on any atom is 0.333 e. The lowest BCUT2D eigenvalue weighted by Gasteiger charge is -2.13. The van der Waals surface area contributed by atoms with Crippen LogP contribution in [0.4, 0.5) is 0 Å². The number of fused-ring (bicyclic) bond motifs is 1. The van der Waals surface area contributed by atoms with Crippen molar-refractivity contribution >= 4 is 33.8 Å². The monoisotopic (exact) mass is 364 g/mol. The van der Waals surface area contributed by atoms with Crippen LogP contribution in [0.3, 0.4) is 0 Å². The lowest BCUT2D eigenvalue weighted by Crippen LogP contribution is -2.40. The summed E-state index contributed by atoms with van der Waals surface area (Å²) in [6.45, 7) is 0.0425. The van der Waals surface area contributed by atoms with Crippen molar-refractivity contribution in [3.63, 3.8) is 0 Å². The number of halogens is 1. The highest BCUT2D eigenvalue weighted by Gasteiger charge is 2.17. The Hall–Kier alpha value is -1.16. The van der Waals surface area contributed by atoms with Gasteiger partial charge in [0.2, 0.25) is 0 Å². The van der Waals surface area contributed by atoms with Gasteiger partial charge in [0.05, 0.1) is 10.4 Å². The minimum absolute atomic E-state index is 0.0425. The zero-order valence-corrected chi connectivity index (χ0v) is 11.9. The number of nitrogens with one attached hydrogen (secondary N) is 1. The lowest BCUT2D eigenvalue weighted by atomic mass is 10.3. The number of aryl methyl sites for hydroxylation is 1. The number of aliphatic hydroxyl groups is 1. The normalized spacial score (nSPS) is 13.1. The van der Waals surface area contributed by atoms with E-state index < -0.39 is 5.69 Å². The molecule has 7 nitrogen and oxygen atoms in total. The third-order valence-corrected chi connectivity index (χ3v) is 3.92. The third kappa shape index (κ3) is 2.09. The molecule has 2 aromatic rings. The summed E-state index contributed by atoms with van der Waals surface area (Å²) >= 11 is 2.03. The van der Waals surface area contributed by atoms with Crippen molar-refractivity contribution in [2.45, 2.75) is 16.9 Å². The molecule has 0 fully saturated rings. The number of aromatic nitrogens is 4. The second-order valence-electron chi connectivity index (χ2n) is 3.92. The van der Waals surface area contributed by atoms with Crippen LogP contribution in [-0.2, 0) is 7.05 Å². The molecule has 18 heavy (non-hydrogen) atoms. The summed E-state index contributed by atoms with van der Waals surface area (Å²) in [5.41, 5.74) is -0.0883. The predicted molar refractivity (Wildman–Crippen MR) is 75.0 cm³/mol. The van der Waals surface area contributed by atoms with Crippen molar-refractivity contribution in [2.24, 2.45) is 7.05 Å². The van der Waals surface area contributed by atoms with E-state index in [9.17, 15) is 9.59 Å². The molecule has 0 bridgehead atoms. The first-order valence-electron chi connectivity index (χ1n) is 5.47. The van der Waals surface area contributed by atoms with Gasteiger partial charge < -0.3 is 10.1 Å². The van der Waals surface area contributed by atoms with E-state index in [2.05, 4.69) is 9.97 Å². The first-order chi connectivity index (χ1) is 8.57. The largest absolute Gasteiger partial charge is 0.396 e. The van der Waals surface area contributed by atoms with E-state index in [-0.39, 0.29) is 16.2 Å². The minimum atomic E-state index is -0.392. The van der Waals surface area contributed by atoms with Gasteiger partial charge in [0, 0.05) is 13.7 Å². The second-order valence-corrected chi connectivity index (χ2v) is 5.36. The van der Waals surface area contributed by atoms with Crippen molar-refractivity contribution in [1.29, 1.82) is 0 Å². The average Bonchev–Trinajstić information content (AvgIpc) is 2.83. The van der Waals surface area contributed by atoms with Crippen molar-refractivity contribution in [3.05, 3.63) is 27.2 Å². The van der Waals surface area contributed by atoms with Gasteiger partial charge in [-0.3, -0.25) is 9.36 Å². The molecule has 98 valence electrons. The average molecular weight is 364 g/mol. The van der Waals surface area contributed by atoms with Gasteiger partial charge >= 0.3 is 5.69 Å². The molecule has 0 saturated carbocycles. The number of aromatic amines is 1. The highest BCUT2D eigenvalue weighted by atomic mass is 127. The summed E-state index contributed by atoms with van der Waals surface area (Å²) in [6, 6.07) is 0. The SMILES string of the molecule is Cn1c(=O)n(C(I)CCCO)c(=O)c2[nH]cnc21. The molecular formula is C10H13IN4O3. The molecule has 0 aliphatic heterocycles. The quantitative estimate of drug-likeness (QED) is 0.596. The Bertz CT molecular complexity index is 672. The van der Waals surface area contributed by atoms with Crippen molar-refractivity contribution in [3.8, 4) is 0 Å². The van der Waals surface area contributed by atoms with Gasteiger partial charge in [-0.05, 0) is 12.8 Å². The molecule has 0 spiro atoms. The van der Waals surface area contributed by atoms with Gasteiger partial charge in [-0.2, -0.15) is 0 Å². The first-order valence-corrected chi connectivity index (χ1v) is 6.72. The lowest BCUT2D eigenvalue weighted by molar-refractivity contribution is 0.280. The molecule has 0 aliphatic carbocycles. The summed E-state index contributed by atoms with van der Waals surface area (Å²) < 4.78 is 2.25. The van der Waals surface area contributed by atoms with E-state index in [1.807, 2.05) is 22.6 Å². The molecule has 2 aromatic heterocycles. The number of alkyl halides is 1. The number of hydrogen-bond acceptors (Lipinski definition) is 4. The van der Waals surface area contributed by atoms with Crippen LogP contribution in [0.1, 0.15) is 16.9 Å². The van der Waals surface area contributed by atoms with Crippen molar-refractivity contribution in [1.82, 2.24) is 19.1 Å². The van der Waals surface area contributed by atoms with E-state index in [0.29, 0.717) is 24.0 Å². The summed E-state index contributed by atoms with van der Waals surface area (Å²) in [5, 5.41) is 8.80. The molecule has 1 unspecified atom stereocenters. The standard InChI is InChI=1S/C10H13IN4O3/c1-14-8-7(12-5-13-8)9(17)15(10(14)18)6(11)3-2-4-16/h5-6,16H,2-4H2,1H3,(H,12,13). The second kappa shape index (κ2) is 5.22. The first kappa shape index (κ1) is 13.3. The fraction of sp³-hybridized carbons (Fsp3) is 0.500. The molecule has 2 heterocycles. The van der Waals surface area contributed by atoms with Gasteiger partial charge in [0.1, 0.15) is 5.52 Å². The van der Waals surface area contributed by atoms with Gasteiger partial charge in [-0.25, -0.2) is 14.3 Å². The molecule has 2 N–H and O–H groups in total. The van der Waals surface area contributed by atoms with Crippen molar-refractivity contribution < 1.29 is 5.11 Å². The number of nitrogens with zero attached hydrogens (tertiary/aromatic N) is 3. The molecule has 0 saturated heterocycles. The van der Waals surface area contributed by atoms with E-state index in [4.69, 9.17) is 5.11 Å². The van der Waals surface area contributed by atoms with Crippen molar-refractivity contribution in [2.75, 3.05) is 6.61 Å². The Morgan fingerprint density at radius 1 is 1.56 bits per heavy atom. The Morgan fingerprint density at radius 2 is 2.28 bits per heavy atom. The van der Waals surface area contributed by atoms with Crippen LogP contribution in [0, 0.1) is 0 Å². The van der Waals surface area contributed by atoms with Crippen LogP contribution in [0.5, 0.6) is 0 Å². The molecule has 8 heteroatoms. The zero-order chi connectivity index (χ0) is 13.3. The topological polar surface area (TPSA) is 92.9 Å². The molecule has 2 rings (SSSR count). The number of imidazole rings is 1. The third-order valence-electron chi connectivity index (χ3n) is 2.74. The van der Waals surface area contributed by atoms with E-state index in [0.717, 1.165) is 0 Å². The molecule has 0 amide bonds. The molecular weight excluding hydrogens is 351 g/mol. The zero-order valence-electron chi connectivity index (χ0n) is 9.76. The van der Waals surface area contributed by atoms with Gasteiger partial charge in [0.15, 0.2) is 5.65 Å². The molecule has 0 radical (unpaired) electrons. The Balaban J connectivity index is 2.63.